The zero-order valence-electron chi connectivity index (χ0n) is 20.6. The molecular formula is C28H26N4O4. The molecule has 4 heterocycles. The lowest BCUT2D eigenvalue weighted by atomic mass is 9.86. The summed E-state index contributed by atoms with van der Waals surface area (Å²) in [6, 6.07) is 11.8. The quantitative estimate of drug-likeness (QED) is 0.372. The van der Waals surface area contributed by atoms with Gasteiger partial charge in [0.05, 0.1) is 35.0 Å². The van der Waals surface area contributed by atoms with Gasteiger partial charge in [0.25, 0.3) is 0 Å². The number of fused-ring (bicyclic) bond motifs is 3. The molecule has 0 spiro atoms. The minimum atomic E-state index is -1.18. The van der Waals surface area contributed by atoms with Gasteiger partial charge in [0.1, 0.15) is 5.75 Å². The number of hydrogen-bond donors (Lipinski definition) is 1. The summed E-state index contributed by atoms with van der Waals surface area (Å²) in [5, 5.41) is 20.5. The van der Waals surface area contributed by atoms with E-state index < -0.39 is 17.7 Å². The summed E-state index contributed by atoms with van der Waals surface area (Å²) in [5.41, 5.74) is 5.93. The Labute approximate surface area is 207 Å². The SMILES string of the molecule is Cc1cc2c(ccc3cnnn32)c(-c2ccc3c4c(ccnc24)CCO3)c1C(OC(C)(C)C)C(=O)O. The molecule has 0 radical (unpaired) electrons. The third kappa shape index (κ3) is 3.48. The normalized spacial score (nSPS) is 14.3. The van der Waals surface area contributed by atoms with Gasteiger partial charge in [-0.1, -0.05) is 5.21 Å². The standard InChI is InChI=1S/C28H26N4O4/c1-15-13-20-18(6-5-17-14-30-31-32(17)20)24(22(15)26(27(33)34)36-28(2,3)4)19-7-8-21-23-16(10-12-35-21)9-11-29-25(19)23/h5-9,11,13-14,26H,10,12H2,1-4H3,(H,33,34). The second-order valence-corrected chi connectivity index (χ2v) is 10.2. The Kier molecular flexibility index (Phi) is 4.98. The molecule has 0 saturated heterocycles. The van der Waals surface area contributed by atoms with Gasteiger partial charge in [0.15, 0.2) is 6.10 Å². The number of nitrogens with zero attached hydrogens (tertiary/aromatic N) is 4. The summed E-state index contributed by atoms with van der Waals surface area (Å²) in [5.74, 6) is -0.254. The molecule has 1 unspecified atom stereocenters. The van der Waals surface area contributed by atoms with Crippen LogP contribution in [0.1, 0.15) is 43.6 Å². The molecule has 1 N–H and O–H groups in total. The van der Waals surface area contributed by atoms with E-state index in [9.17, 15) is 9.90 Å². The van der Waals surface area contributed by atoms with Crippen molar-refractivity contribution in [2.24, 2.45) is 0 Å². The average molecular weight is 483 g/mol. The summed E-state index contributed by atoms with van der Waals surface area (Å²) in [6.07, 6.45) is 3.12. The van der Waals surface area contributed by atoms with Crippen molar-refractivity contribution in [1.82, 2.24) is 19.8 Å². The summed E-state index contributed by atoms with van der Waals surface area (Å²) in [6.45, 7) is 8.12. The number of ether oxygens (including phenoxy) is 2. The molecule has 5 aromatic rings. The van der Waals surface area contributed by atoms with Crippen LogP contribution in [-0.2, 0) is 16.0 Å². The van der Waals surface area contributed by atoms with Gasteiger partial charge in [0, 0.05) is 34.5 Å². The Morgan fingerprint density at radius 1 is 1.19 bits per heavy atom. The van der Waals surface area contributed by atoms with Crippen LogP contribution in [-0.4, -0.2) is 43.1 Å². The van der Waals surface area contributed by atoms with Crippen molar-refractivity contribution in [3.63, 3.8) is 0 Å². The Hall–Kier alpha value is -4.04. The monoisotopic (exact) mass is 482 g/mol. The summed E-state index contributed by atoms with van der Waals surface area (Å²) in [4.78, 5) is 17.4. The van der Waals surface area contributed by atoms with Crippen LogP contribution in [0.5, 0.6) is 5.75 Å². The van der Waals surface area contributed by atoms with Crippen molar-refractivity contribution in [2.75, 3.05) is 6.61 Å². The molecule has 0 saturated carbocycles. The van der Waals surface area contributed by atoms with Gasteiger partial charge in [0.2, 0.25) is 0 Å². The van der Waals surface area contributed by atoms with Crippen molar-refractivity contribution in [3.05, 3.63) is 65.5 Å². The fourth-order valence-corrected chi connectivity index (χ4v) is 5.21. The van der Waals surface area contributed by atoms with E-state index in [4.69, 9.17) is 14.5 Å². The van der Waals surface area contributed by atoms with Gasteiger partial charge in [-0.15, -0.1) is 5.10 Å². The molecule has 3 aromatic heterocycles. The van der Waals surface area contributed by atoms with E-state index in [1.54, 1.807) is 10.7 Å². The highest BCUT2D eigenvalue weighted by Crippen LogP contribution is 2.45. The Morgan fingerprint density at radius 3 is 2.81 bits per heavy atom. The Morgan fingerprint density at radius 2 is 2.03 bits per heavy atom. The first-order valence-electron chi connectivity index (χ1n) is 11.9. The Bertz CT molecular complexity index is 1670. The third-order valence-corrected chi connectivity index (χ3v) is 6.61. The molecule has 1 aliphatic heterocycles. The number of aromatic nitrogens is 4. The zero-order chi connectivity index (χ0) is 25.2. The van der Waals surface area contributed by atoms with Crippen LogP contribution < -0.4 is 4.74 Å². The number of aryl methyl sites for hydroxylation is 1. The lowest BCUT2D eigenvalue weighted by molar-refractivity contribution is -0.160. The van der Waals surface area contributed by atoms with Crippen LogP contribution in [0.2, 0.25) is 0 Å². The van der Waals surface area contributed by atoms with Crippen molar-refractivity contribution >= 4 is 33.3 Å². The maximum atomic E-state index is 12.7. The minimum absolute atomic E-state index is 0.601. The molecule has 0 amide bonds. The molecule has 0 fully saturated rings. The highest BCUT2D eigenvalue weighted by Gasteiger charge is 2.33. The molecule has 182 valence electrons. The van der Waals surface area contributed by atoms with Gasteiger partial charge in [-0.3, -0.25) is 4.98 Å². The van der Waals surface area contributed by atoms with E-state index in [0.29, 0.717) is 12.2 Å². The van der Waals surface area contributed by atoms with Crippen LogP contribution in [0.3, 0.4) is 0 Å². The molecule has 8 nitrogen and oxygen atoms in total. The van der Waals surface area contributed by atoms with Crippen LogP contribution in [0, 0.1) is 6.92 Å². The fourth-order valence-electron chi connectivity index (χ4n) is 5.21. The molecule has 1 aliphatic rings. The molecular weight excluding hydrogens is 456 g/mol. The number of carbonyl (C=O) groups is 1. The minimum Gasteiger partial charge on any atom is -0.493 e. The van der Waals surface area contributed by atoms with Gasteiger partial charge in [-0.05, 0) is 80.8 Å². The van der Waals surface area contributed by atoms with Crippen molar-refractivity contribution < 1.29 is 19.4 Å². The van der Waals surface area contributed by atoms with Crippen LogP contribution in [0.25, 0.3) is 38.4 Å². The second-order valence-electron chi connectivity index (χ2n) is 10.2. The maximum absolute atomic E-state index is 12.7. The van der Waals surface area contributed by atoms with E-state index >= 15 is 0 Å². The first kappa shape index (κ1) is 22.4. The van der Waals surface area contributed by atoms with Gasteiger partial charge in [-0.2, -0.15) is 0 Å². The smallest absolute Gasteiger partial charge is 0.337 e. The van der Waals surface area contributed by atoms with Gasteiger partial charge >= 0.3 is 5.97 Å². The van der Waals surface area contributed by atoms with Crippen LogP contribution in [0.15, 0.2) is 48.8 Å². The van der Waals surface area contributed by atoms with Crippen molar-refractivity contribution in [3.8, 4) is 16.9 Å². The summed E-state index contributed by atoms with van der Waals surface area (Å²) >= 11 is 0. The van der Waals surface area contributed by atoms with Gasteiger partial charge < -0.3 is 14.6 Å². The topological polar surface area (TPSA) is 98.8 Å². The molecule has 36 heavy (non-hydrogen) atoms. The lowest BCUT2D eigenvalue weighted by Crippen LogP contribution is -2.28. The van der Waals surface area contributed by atoms with Crippen molar-refractivity contribution in [1.29, 1.82) is 0 Å². The van der Waals surface area contributed by atoms with E-state index in [1.807, 2.05) is 70.3 Å². The highest BCUT2D eigenvalue weighted by atomic mass is 16.5. The van der Waals surface area contributed by atoms with E-state index in [0.717, 1.165) is 56.2 Å². The predicted molar refractivity (Wildman–Crippen MR) is 136 cm³/mol. The van der Waals surface area contributed by atoms with E-state index in [1.165, 1.54) is 5.56 Å². The molecule has 1 atom stereocenters. The first-order valence-corrected chi connectivity index (χ1v) is 11.9. The highest BCUT2D eigenvalue weighted by molar-refractivity contribution is 6.08. The van der Waals surface area contributed by atoms with E-state index in [2.05, 4.69) is 10.3 Å². The molecule has 0 aliphatic carbocycles. The second kappa shape index (κ2) is 7.99. The number of benzene rings is 2. The van der Waals surface area contributed by atoms with E-state index in [-0.39, 0.29) is 0 Å². The van der Waals surface area contributed by atoms with Crippen LogP contribution in [0.4, 0.5) is 0 Å². The van der Waals surface area contributed by atoms with Crippen LogP contribution >= 0.6 is 0 Å². The Balaban J connectivity index is 1.77. The third-order valence-electron chi connectivity index (χ3n) is 6.61. The average Bonchev–Trinajstić information content (AvgIpc) is 3.32. The molecule has 0 bridgehead atoms. The number of hydrogen-bond acceptors (Lipinski definition) is 6. The molecule has 2 aromatic carbocycles. The summed E-state index contributed by atoms with van der Waals surface area (Å²) in [7, 11) is 0. The zero-order valence-corrected chi connectivity index (χ0v) is 20.6. The number of rotatable bonds is 4. The molecule has 8 heteroatoms. The van der Waals surface area contributed by atoms with Crippen molar-refractivity contribution in [2.45, 2.75) is 45.8 Å². The number of carboxylic acid groups (broad SMARTS) is 1. The number of aliphatic carboxylic acids is 1. The first-order chi connectivity index (χ1) is 17.2. The maximum Gasteiger partial charge on any atom is 0.337 e. The fraction of sp³-hybridized carbons (Fsp3) is 0.286. The van der Waals surface area contributed by atoms with Gasteiger partial charge in [-0.25, -0.2) is 9.31 Å². The number of carboxylic acids is 1. The number of pyridine rings is 2. The summed E-state index contributed by atoms with van der Waals surface area (Å²) < 4.78 is 13.9. The molecule has 6 rings (SSSR count). The largest absolute Gasteiger partial charge is 0.493 e. The lowest BCUT2D eigenvalue weighted by Gasteiger charge is -2.29. The predicted octanol–water partition coefficient (Wildman–Crippen LogP) is 5.28.